The maximum absolute atomic E-state index is 9.96. The van der Waals surface area contributed by atoms with Crippen molar-refractivity contribution in [2.45, 2.75) is 25.4 Å². The average Bonchev–Trinajstić information content (AvgIpc) is 2.66. The van der Waals surface area contributed by atoms with Crippen LogP contribution in [0.15, 0.2) is 24.3 Å². The largest absolute Gasteiger partial charge is 0.389 e. The Morgan fingerprint density at radius 3 is 2.85 bits per heavy atom. The lowest BCUT2D eigenvalue weighted by Gasteiger charge is -2.28. The summed E-state index contributed by atoms with van der Waals surface area (Å²) < 4.78 is 0. The molecule has 0 aromatic carbocycles. The first-order valence-electron chi connectivity index (χ1n) is 5.39. The number of aliphatic hydroxyl groups is 1. The fourth-order valence-corrected chi connectivity index (χ4v) is 3.53. The van der Waals surface area contributed by atoms with Crippen LogP contribution in [0.1, 0.15) is 19.3 Å². The molecule has 5 atom stereocenters. The molecule has 0 unspecified atom stereocenters. The second-order valence-corrected chi connectivity index (χ2v) is 4.69. The fourth-order valence-electron chi connectivity index (χ4n) is 3.53. The zero-order valence-electron chi connectivity index (χ0n) is 7.76. The van der Waals surface area contributed by atoms with Crippen LogP contribution in [-0.2, 0) is 0 Å². The van der Waals surface area contributed by atoms with E-state index in [2.05, 4.69) is 18.2 Å². The van der Waals surface area contributed by atoms with Crippen molar-refractivity contribution in [1.82, 2.24) is 0 Å². The van der Waals surface area contributed by atoms with Crippen LogP contribution in [0.4, 0.5) is 0 Å². The highest BCUT2D eigenvalue weighted by Gasteiger charge is 2.46. The lowest BCUT2D eigenvalue weighted by Crippen LogP contribution is -2.28. The summed E-state index contributed by atoms with van der Waals surface area (Å²) in [5, 5.41) is 9.96. The van der Waals surface area contributed by atoms with E-state index in [1.165, 1.54) is 12.8 Å². The Kier molecular flexibility index (Phi) is 1.63. The van der Waals surface area contributed by atoms with Gasteiger partial charge in [-0.15, -0.1) is 0 Å². The number of hydrogen-bond donors (Lipinski definition) is 1. The molecule has 3 aliphatic carbocycles. The number of aliphatic hydroxyl groups excluding tert-OH is 1. The van der Waals surface area contributed by atoms with Crippen molar-refractivity contribution < 1.29 is 5.11 Å². The number of fused-ring (bicyclic) bond motifs is 5. The van der Waals surface area contributed by atoms with E-state index in [-0.39, 0.29) is 6.10 Å². The first-order valence-corrected chi connectivity index (χ1v) is 5.39. The summed E-state index contributed by atoms with van der Waals surface area (Å²) in [6.07, 6.45) is 12.5. The maximum atomic E-state index is 9.96. The number of rotatable bonds is 0. The highest BCUT2D eigenvalue weighted by Crippen LogP contribution is 2.52. The topological polar surface area (TPSA) is 20.2 Å². The third-order valence-electron chi connectivity index (χ3n) is 4.08. The van der Waals surface area contributed by atoms with Gasteiger partial charge >= 0.3 is 0 Å². The van der Waals surface area contributed by atoms with Gasteiger partial charge in [-0.3, -0.25) is 0 Å². The van der Waals surface area contributed by atoms with Crippen LogP contribution in [0.25, 0.3) is 0 Å². The molecule has 0 spiro atoms. The summed E-state index contributed by atoms with van der Waals surface area (Å²) in [6, 6.07) is 0. The van der Waals surface area contributed by atoms with E-state index in [4.69, 9.17) is 0 Å². The maximum Gasteiger partial charge on any atom is 0.0757 e. The van der Waals surface area contributed by atoms with Crippen LogP contribution < -0.4 is 0 Å². The highest BCUT2D eigenvalue weighted by atomic mass is 16.3. The molecule has 0 heterocycles. The SMILES string of the molecule is O[C@H]1C=CCC[C@@H]2[C@H]1[C@@H]1C=C[C@H]2C1. The van der Waals surface area contributed by atoms with E-state index >= 15 is 0 Å². The monoisotopic (exact) mass is 176 g/mol. The lowest BCUT2D eigenvalue weighted by atomic mass is 9.78. The molecule has 0 saturated heterocycles. The Morgan fingerprint density at radius 1 is 1.08 bits per heavy atom. The third-order valence-corrected chi connectivity index (χ3v) is 4.08. The molecule has 70 valence electrons. The molecule has 0 amide bonds. The van der Waals surface area contributed by atoms with Gasteiger partial charge in [0.2, 0.25) is 0 Å². The van der Waals surface area contributed by atoms with Crippen LogP contribution in [0, 0.1) is 23.7 Å². The Hall–Kier alpha value is -0.560. The minimum absolute atomic E-state index is 0.174. The number of hydrogen-bond acceptors (Lipinski definition) is 1. The van der Waals surface area contributed by atoms with Gasteiger partial charge in [-0.1, -0.05) is 24.3 Å². The minimum Gasteiger partial charge on any atom is -0.389 e. The summed E-state index contributed by atoms with van der Waals surface area (Å²) in [5.74, 6) is 2.76. The van der Waals surface area contributed by atoms with Gasteiger partial charge in [0.25, 0.3) is 0 Å². The molecule has 0 aromatic heterocycles. The highest BCUT2D eigenvalue weighted by molar-refractivity contribution is 5.17. The van der Waals surface area contributed by atoms with Crippen LogP contribution >= 0.6 is 0 Å². The molecule has 13 heavy (non-hydrogen) atoms. The Balaban J connectivity index is 1.94. The Morgan fingerprint density at radius 2 is 1.92 bits per heavy atom. The predicted octanol–water partition coefficient (Wildman–Crippen LogP) is 2.14. The summed E-state index contributed by atoms with van der Waals surface area (Å²) in [4.78, 5) is 0. The summed E-state index contributed by atoms with van der Waals surface area (Å²) >= 11 is 0. The first kappa shape index (κ1) is 7.81. The molecule has 3 rings (SSSR count). The normalized spacial score (nSPS) is 52.2. The van der Waals surface area contributed by atoms with Gasteiger partial charge in [0.1, 0.15) is 0 Å². The molecule has 1 nitrogen and oxygen atoms in total. The van der Waals surface area contributed by atoms with Crippen molar-refractivity contribution in [1.29, 1.82) is 0 Å². The zero-order valence-corrected chi connectivity index (χ0v) is 7.76. The first-order chi connectivity index (χ1) is 6.36. The zero-order chi connectivity index (χ0) is 8.84. The molecule has 1 fully saturated rings. The molecule has 1 N–H and O–H groups in total. The molecule has 2 bridgehead atoms. The summed E-state index contributed by atoms with van der Waals surface area (Å²) in [5.41, 5.74) is 0. The van der Waals surface area contributed by atoms with Crippen LogP contribution in [0.2, 0.25) is 0 Å². The Labute approximate surface area is 79.2 Å². The molecule has 0 aromatic rings. The van der Waals surface area contributed by atoms with Crippen molar-refractivity contribution in [3.63, 3.8) is 0 Å². The third kappa shape index (κ3) is 1.03. The van der Waals surface area contributed by atoms with Crippen molar-refractivity contribution in [3.05, 3.63) is 24.3 Å². The molecule has 1 heteroatoms. The summed E-state index contributed by atoms with van der Waals surface area (Å²) in [6.45, 7) is 0. The Bertz CT molecular complexity index is 266. The molecule has 1 saturated carbocycles. The lowest BCUT2D eigenvalue weighted by molar-refractivity contribution is 0.103. The van der Waals surface area contributed by atoms with Gasteiger partial charge < -0.3 is 5.11 Å². The molecule has 0 radical (unpaired) electrons. The van der Waals surface area contributed by atoms with Crippen molar-refractivity contribution in [2.24, 2.45) is 23.7 Å². The van der Waals surface area contributed by atoms with Gasteiger partial charge in [-0.25, -0.2) is 0 Å². The van der Waals surface area contributed by atoms with E-state index in [9.17, 15) is 5.11 Å². The van der Waals surface area contributed by atoms with Crippen molar-refractivity contribution >= 4 is 0 Å². The van der Waals surface area contributed by atoms with Crippen LogP contribution in [-0.4, -0.2) is 11.2 Å². The van der Waals surface area contributed by atoms with E-state index in [0.717, 1.165) is 18.3 Å². The number of allylic oxidation sites excluding steroid dienone is 3. The van der Waals surface area contributed by atoms with E-state index in [0.29, 0.717) is 11.8 Å². The van der Waals surface area contributed by atoms with Gasteiger partial charge in [0, 0.05) is 0 Å². The van der Waals surface area contributed by atoms with Gasteiger partial charge in [0.15, 0.2) is 0 Å². The van der Waals surface area contributed by atoms with Crippen molar-refractivity contribution in [3.8, 4) is 0 Å². The smallest absolute Gasteiger partial charge is 0.0757 e. The fraction of sp³-hybridized carbons (Fsp3) is 0.667. The quantitative estimate of drug-likeness (QED) is 0.561. The second-order valence-electron chi connectivity index (χ2n) is 4.69. The molecular formula is C12H16O. The summed E-state index contributed by atoms with van der Waals surface area (Å²) in [7, 11) is 0. The van der Waals surface area contributed by atoms with Gasteiger partial charge in [-0.05, 0) is 42.9 Å². The van der Waals surface area contributed by atoms with E-state index < -0.39 is 0 Å². The van der Waals surface area contributed by atoms with E-state index in [1.807, 2.05) is 6.08 Å². The molecular weight excluding hydrogens is 160 g/mol. The molecule has 3 aliphatic rings. The van der Waals surface area contributed by atoms with Crippen LogP contribution in [0.3, 0.4) is 0 Å². The van der Waals surface area contributed by atoms with Gasteiger partial charge in [-0.2, -0.15) is 0 Å². The van der Waals surface area contributed by atoms with Gasteiger partial charge in [0.05, 0.1) is 6.10 Å². The van der Waals surface area contributed by atoms with Crippen molar-refractivity contribution in [2.75, 3.05) is 0 Å². The second kappa shape index (κ2) is 2.71. The molecule has 0 aliphatic heterocycles. The minimum atomic E-state index is -0.174. The predicted molar refractivity (Wildman–Crippen MR) is 52.1 cm³/mol. The average molecular weight is 176 g/mol. The van der Waals surface area contributed by atoms with Crippen LogP contribution in [0.5, 0.6) is 0 Å². The van der Waals surface area contributed by atoms with E-state index in [1.54, 1.807) is 0 Å². The standard InChI is InChI=1S/C12H16O/c13-11-4-2-1-3-10-8-5-6-9(7-8)12(10)11/h2,4-6,8-13H,1,3,7H2/t8-,9+,10-,11-,12+/m0/s1.